The highest BCUT2D eigenvalue weighted by Gasteiger charge is 2.23. The van der Waals surface area contributed by atoms with Crippen molar-refractivity contribution in [3.8, 4) is 0 Å². The molecule has 1 aromatic rings. The maximum absolute atomic E-state index is 10.8. The molecule has 0 radical (unpaired) electrons. The number of carbonyl (C=O) groups is 1. The first-order valence-electron chi connectivity index (χ1n) is 7.34. The SMILES string of the molecule is CC(C)(C)c1nnc(CN2CCCN(CC(=O)O)CC2)o1. The number of carboxylic acid groups (broad SMARTS) is 1. The molecule has 1 aliphatic heterocycles. The van der Waals surface area contributed by atoms with Crippen LogP contribution < -0.4 is 0 Å². The maximum Gasteiger partial charge on any atom is 0.317 e. The van der Waals surface area contributed by atoms with Gasteiger partial charge in [0.25, 0.3) is 0 Å². The van der Waals surface area contributed by atoms with Gasteiger partial charge in [0.1, 0.15) is 0 Å². The summed E-state index contributed by atoms with van der Waals surface area (Å²) in [6, 6.07) is 0. The smallest absolute Gasteiger partial charge is 0.317 e. The summed E-state index contributed by atoms with van der Waals surface area (Å²) in [6.45, 7) is 10.2. The summed E-state index contributed by atoms with van der Waals surface area (Å²) in [6.07, 6.45) is 0.952. The van der Waals surface area contributed by atoms with Gasteiger partial charge in [0.2, 0.25) is 11.8 Å². The molecule has 0 bridgehead atoms. The quantitative estimate of drug-likeness (QED) is 0.886. The van der Waals surface area contributed by atoms with E-state index < -0.39 is 5.97 Å². The fourth-order valence-corrected chi connectivity index (χ4v) is 2.34. The minimum Gasteiger partial charge on any atom is -0.480 e. The number of hydrogen-bond donors (Lipinski definition) is 1. The van der Waals surface area contributed by atoms with E-state index in [9.17, 15) is 4.79 Å². The minimum atomic E-state index is -0.768. The van der Waals surface area contributed by atoms with Crippen molar-refractivity contribution in [2.75, 3.05) is 32.7 Å². The van der Waals surface area contributed by atoms with E-state index in [0.29, 0.717) is 18.3 Å². The lowest BCUT2D eigenvalue weighted by atomic mass is 9.97. The molecule has 0 spiro atoms. The molecule has 0 atom stereocenters. The highest BCUT2D eigenvalue weighted by Crippen LogP contribution is 2.20. The van der Waals surface area contributed by atoms with Crippen LogP contribution in [0.25, 0.3) is 0 Å². The molecule has 118 valence electrons. The van der Waals surface area contributed by atoms with Crippen LogP contribution in [0.4, 0.5) is 0 Å². The van der Waals surface area contributed by atoms with Crippen LogP contribution in [0.5, 0.6) is 0 Å². The Balaban J connectivity index is 1.89. The third kappa shape index (κ3) is 4.78. The zero-order chi connectivity index (χ0) is 15.5. The van der Waals surface area contributed by atoms with Gasteiger partial charge in [0.05, 0.1) is 13.1 Å². The van der Waals surface area contributed by atoms with E-state index in [0.717, 1.165) is 32.6 Å². The Hall–Kier alpha value is -1.47. The zero-order valence-corrected chi connectivity index (χ0v) is 13.0. The van der Waals surface area contributed by atoms with Gasteiger partial charge in [-0.15, -0.1) is 10.2 Å². The summed E-state index contributed by atoms with van der Waals surface area (Å²) >= 11 is 0. The van der Waals surface area contributed by atoms with Crippen molar-refractivity contribution in [2.24, 2.45) is 0 Å². The first-order chi connectivity index (χ1) is 9.84. The Morgan fingerprint density at radius 2 is 1.86 bits per heavy atom. The van der Waals surface area contributed by atoms with Crippen molar-refractivity contribution in [2.45, 2.75) is 39.2 Å². The summed E-state index contributed by atoms with van der Waals surface area (Å²) in [5.74, 6) is 0.515. The van der Waals surface area contributed by atoms with E-state index in [1.165, 1.54) is 0 Å². The molecule has 1 aliphatic rings. The van der Waals surface area contributed by atoms with Crippen molar-refractivity contribution >= 4 is 5.97 Å². The number of rotatable bonds is 4. The van der Waals surface area contributed by atoms with E-state index in [4.69, 9.17) is 9.52 Å². The normalized spacial score (nSPS) is 18.6. The number of carboxylic acids is 1. The molecule has 21 heavy (non-hydrogen) atoms. The molecular formula is C14H24N4O3. The Bertz CT molecular complexity index is 481. The number of aliphatic carboxylic acids is 1. The lowest BCUT2D eigenvalue weighted by Gasteiger charge is -2.19. The van der Waals surface area contributed by atoms with Crippen LogP contribution in [0.3, 0.4) is 0 Å². The number of aromatic nitrogens is 2. The van der Waals surface area contributed by atoms with Gasteiger partial charge >= 0.3 is 5.97 Å². The lowest BCUT2D eigenvalue weighted by Crippen LogP contribution is -2.34. The van der Waals surface area contributed by atoms with E-state index in [1.54, 1.807) is 0 Å². The summed E-state index contributed by atoms with van der Waals surface area (Å²) in [7, 11) is 0. The molecule has 0 unspecified atom stereocenters. The van der Waals surface area contributed by atoms with Crippen LogP contribution in [-0.2, 0) is 16.8 Å². The molecule has 2 heterocycles. The van der Waals surface area contributed by atoms with E-state index in [1.807, 2.05) is 25.7 Å². The molecule has 0 aliphatic carbocycles. The molecular weight excluding hydrogens is 272 g/mol. The van der Waals surface area contributed by atoms with E-state index in [-0.39, 0.29) is 12.0 Å². The molecule has 7 nitrogen and oxygen atoms in total. The van der Waals surface area contributed by atoms with Gasteiger partial charge < -0.3 is 9.52 Å². The van der Waals surface area contributed by atoms with E-state index >= 15 is 0 Å². The average molecular weight is 296 g/mol. The summed E-state index contributed by atoms with van der Waals surface area (Å²) < 4.78 is 5.71. The topological polar surface area (TPSA) is 82.7 Å². The highest BCUT2D eigenvalue weighted by atomic mass is 16.4. The molecule has 1 aromatic heterocycles. The summed E-state index contributed by atoms with van der Waals surface area (Å²) in [5, 5.41) is 17.1. The predicted octanol–water partition coefficient (Wildman–Crippen LogP) is 0.959. The van der Waals surface area contributed by atoms with Gasteiger partial charge in [0.15, 0.2) is 0 Å². The highest BCUT2D eigenvalue weighted by molar-refractivity contribution is 5.69. The summed E-state index contributed by atoms with van der Waals surface area (Å²) in [4.78, 5) is 15.0. The largest absolute Gasteiger partial charge is 0.480 e. The molecule has 7 heteroatoms. The Morgan fingerprint density at radius 3 is 2.48 bits per heavy atom. The number of nitrogens with zero attached hydrogens (tertiary/aromatic N) is 4. The Morgan fingerprint density at radius 1 is 1.19 bits per heavy atom. The first kappa shape index (κ1) is 15.9. The third-order valence-electron chi connectivity index (χ3n) is 3.51. The van der Waals surface area contributed by atoms with Crippen molar-refractivity contribution in [3.63, 3.8) is 0 Å². The monoisotopic (exact) mass is 296 g/mol. The molecule has 0 aromatic carbocycles. The molecule has 0 saturated carbocycles. The fraction of sp³-hybridized carbons (Fsp3) is 0.786. The van der Waals surface area contributed by atoms with Crippen LogP contribution in [0.1, 0.15) is 39.0 Å². The Kier molecular flexibility index (Phi) is 4.95. The molecule has 2 rings (SSSR count). The maximum atomic E-state index is 10.8. The standard InChI is InChI=1S/C14H24N4O3/c1-14(2,3)13-16-15-11(21-13)9-17-5-4-6-18(8-7-17)10-12(19)20/h4-10H2,1-3H3,(H,19,20). The van der Waals surface area contributed by atoms with Crippen LogP contribution in [0.2, 0.25) is 0 Å². The minimum absolute atomic E-state index is 0.114. The predicted molar refractivity (Wildman–Crippen MR) is 77.0 cm³/mol. The van der Waals surface area contributed by atoms with Crippen LogP contribution in [0, 0.1) is 0 Å². The van der Waals surface area contributed by atoms with Gasteiger partial charge in [-0.05, 0) is 13.0 Å². The Labute approximate surface area is 124 Å². The second-order valence-corrected chi connectivity index (χ2v) is 6.55. The molecule has 1 N–H and O–H groups in total. The van der Waals surface area contributed by atoms with E-state index in [2.05, 4.69) is 15.1 Å². The van der Waals surface area contributed by atoms with Gasteiger partial charge in [-0.25, -0.2) is 0 Å². The van der Waals surface area contributed by atoms with Crippen molar-refractivity contribution in [1.82, 2.24) is 20.0 Å². The van der Waals surface area contributed by atoms with Gasteiger partial charge in [-0.3, -0.25) is 14.6 Å². The number of hydrogen-bond acceptors (Lipinski definition) is 6. The molecule has 1 fully saturated rings. The molecule has 0 amide bonds. The van der Waals surface area contributed by atoms with Crippen LogP contribution >= 0.6 is 0 Å². The van der Waals surface area contributed by atoms with Gasteiger partial charge in [-0.2, -0.15) is 0 Å². The van der Waals surface area contributed by atoms with Crippen molar-refractivity contribution in [3.05, 3.63) is 11.8 Å². The fourth-order valence-electron chi connectivity index (χ4n) is 2.34. The average Bonchev–Trinajstić information content (AvgIpc) is 2.73. The first-order valence-corrected chi connectivity index (χ1v) is 7.34. The van der Waals surface area contributed by atoms with Gasteiger partial charge in [-0.1, -0.05) is 20.8 Å². The lowest BCUT2D eigenvalue weighted by molar-refractivity contribution is -0.138. The second kappa shape index (κ2) is 6.53. The van der Waals surface area contributed by atoms with Gasteiger partial charge in [0, 0.05) is 25.0 Å². The molecule has 1 saturated heterocycles. The third-order valence-corrected chi connectivity index (χ3v) is 3.51. The van der Waals surface area contributed by atoms with Crippen molar-refractivity contribution < 1.29 is 14.3 Å². The second-order valence-electron chi connectivity index (χ2n) is 6.55. The van der Waals surface area contributed by atoms with Crippen molar-refractivity contribution in [1.29, 1.82) is 0 Å². The van der Waals surface area contributed by atoms with Crippen LogP contribution in [0.15, 0.2) is 4.42 Å². The summed E-state index contributed by atoms with van der Waals surface area (Å²) in [5.41, 5.74) is -0.137. The zero-order valence-electron chi connectivity index (χ0n) is 13.0. The van der Waals surface area contributed by atoms with Crippen LogP contribution in [-0.4, -0.2) is 63.8 Å².